The highest BCUT2D eigenvalue weighted by atomic mass is 16.5. The zero-order valence-electron chi connectivity index (χ0n) is 17.1. The van der Waals surface area contributed by atoms with Crippen molar-refractivity contribution < 1.29 is 14.6 Å². The maximum Gasteiger partial charge on any atom is 0.328 e. The number of carboxylic acids is 1. The first kappa shape index (κ1) is 21.3. The Morgan fingerprint density at radius 3 is 2.16 bits per heavy atom. The van der Waals surface area contributed by atoms with Crippen LogP contribution in [0, 0.1) is 0 Å². The lowest BCUT2D eigenvalue weighted by Crippen LogP contribution is -2.19. The van der Waals surface area contributed by atoms with E-state index in [1.165, 1.54) is 11.6 Å². The first-order valence-corrected chi connectivity index (χ1v) is 9.11. The van der Waals surface area contributed by atoms with Crippen molar-refractivity contribution in [2.45, 2.75) is 79.1 Å². The normalized spacial score (nSPS) is 13.0. The number of aliphatic carboxylic acids is 1. The number of benzene rings is 1. The van der Waals surface area contributed by atoms with Crippen molar-refractivity contribution in [3.05, 3.63) is 34.9 Å². The van der Waals surface area contributed by atoms with E-state index in [-0.39, 0.29) is 10.8 Å². The van der Waals surface area contributed by atoms with Crippen molar-refractivity contribution in [3.63, 3.8) is 0 Å². The lowest BCUT2D eigenvalue weighted by molar-refractivity contribution is -0.131. The number of hydrogen-bond acceptors (Lipinski definition) is 2. The molecule has 0 radical (unpaired) electrons. The summed E-state index contributed by atoms with van der Waals surface area (Å²) in [6.07, 6.45) is 3.30. The summed E-state index contributed by atoms with van der Waals surface area (Å²) >= 11 is 0. The third-order valence-electron chi connectivity index (χ3n) is 4.27. The summed E-state index contributed by atoms with van der Waals surface area (Å²) < 4.78 is 6.17. The number of ether oxygens (including phenoxy) is 1. The van der Waals surface area contributed by atoms with Crippen LogP contribution in [-0.2, 0) is 15.6 Å². The van der Waals surface area contributed by atoms with Crippen LogP contribution in [0.4, 0.5) is 0 Å². The Morgan fingerprint density at radius 1 is 1.12 bits per heavy atom. The van der Waals surface area contributed by atoms with Gasteiger partial charge in [0.2, 0.25) is 0 Å². The number of hydrogen-bond donors (Lipinski definition) is 1. The maximum absolute atomic E-state index is 11.2. The minimum absolute atomic E-state index is 0.0276. The van der Waals surface area contributed by atoms with Gasteiger partial charge in [0.25, 0.3) is 0 Å². The highest BCUT2D eigenvalue weighted by Crippen LogP contribution is 2.41. The van der Waals surface area contributed by atoms with E-state index in [0.717, 1.165) is 35.3 Å². The van der Waals surface area contributed by atoms with Crippen LogP contribution in [0.2, 0.25) is 0 Å². The molecule has 0 saturated carbocycles. The van der Waals surface area contributed by atoms with E-state index >= 15 is 0 Å². The van der Waals surface area contributed by atoms with E-state index < -0.39 is 5.97 Å². The van der Waals surface area contributed by atoms with Gasteiger partial charge in [-0.3, -0.25) is 0 Å². The highest BCUT2D eigenvalue weighted by Gasteiger charge is 2.26. The van der Waals surface area contributed by atoms with Crippen molar-refractivity contribution in [2.24, 2.45) is 0 Å². The zero-order valence-corrected chi connectivity index (χ0v) is 17.1. The van der Waals surface area contributed by atoms with Crippen LogP contribution in [0.1, 0.15) is 84.9 Å². The average Bonchev–Trinajstić information content (AvgIpc) is 2.44. The number of carbonyl (C=O) groups is 1. The Bertz CT molecular complexity index is 640. The Kier molecular flexibility index (Phi) is 6.87. The Morgan fingerprint density at radius 2 is 1.72 bits per heavy atom. The van der Waals surface area contributed by atoms with Crippen LogP contribution in [0.3, 0.4) is 0 Å². The molecule has 0 fully saturated rings. The minimum atomic E-state index is -0.935. The van der Waals surface area contributed by atoms with Crippen molar-refractivity contribution in [3.8, 4) is 5.75 Å². The smallest absolute Gasteiger partial charge is 0.328 e. The largest absolute Gasteiger partial charge is 0.493 e. The van der Waals surface area contributed by atoms with Crippen molar-refractivity contribution in [1.29, 1.82) is 0 Å². The van der Waals surface area contributed by atoms with E-state index in [2.05, 4.69) is 60.6 Å². The van der Waals surface area contributed by atoms with E-state index in [4.69, 9.17) is 4.74 Å². The fourth-order valence-corrected chi connectivity index (χ4v) is 2.65. The van der Waals surface area contributed by atoms with Gasteiger partial charge >= 0.3 is 5.97 Å². The summed E-state index contributed by atoms with van der Waals surface area (Å²) in [4.78, 5) is 11.2. The Hall–Kier alpha value is -1.77. The van der Waals surface area contributed by atoms with Crippen molar-refractivity contribution in [1.82, 2.24) is 0 Å². The average molecular weight is 347 g/mol. The van der Waals surface area contributed by atoms with Gasteiger partial charge in [0.05, 0.1) is 6.61 Å². The molecule has 0 aliphatic heterocycles. The topological polar surface area (TPSA) is 46.5 Å². The number of unbranched alkanes of at least 4 members (excludes halogenated alkanes) is 1. The Labute approximate surface area is 153 Å². The fraction of sp³-hybridized carbons (Fsp3) is 0.591. The second-order valence-electron chi connectivity index (χ2n) is 8.77. The maximum atomic E-state index is 11.2. The van der Waals surface area contributed by atoms with Crippen molar-refractivity contribution >= 4 is 11.5 Å². The lowest BCUT2D eigenvalue weighted by atomic mass is 9.78. The molecule has 0 aliphatic rings. The van der Waals surface area contributed by atoms with Crippen LogP contribution in [-0.4, -0.2) is 17.7 Å². The second kappa shape index (κ2) is 8.07. The molecule has 0 bridgehead atoms. The molecule has 0 aromatic heterocycles. The minimum Gasteiger partial charge on any atom is -0.493 e. The quantitative estimate of drug-likeness (QED) is 0.511. The molecule has 0 atom stereocenters. The van der Waals surface area contributed by atoms with E-state index in [9.17, 15) is 9.90 Å². The summed E-state index contributed by atoms with van der Waals surface area (Å²) in [6.45, 7) is 17.6. The van der Waals surface area contributed by atoms with E-state index in [1.54, 1.807) is 0 Å². The van der Waals surface area contributed by atoms with Gasteiger partial charge in [-0.1, -0.05) is 61.0 Å². The first-order chi connectivity index (χ1) is 11.4. The molecular weight excluding hydrogens is 312 g/mol. The van der Waals surface area contributed by atoms with Gasteiger partial charge in [0.1, 0.15) is 5.75 Å². The molecule has 1 rings (SSSR count). The summed E-state index contributed by atoms with van der Waals surface area (Å²) in [7, 11) is 0. The molecule has 1 N–H and O–H groups in total. The van der Waals surface area contributed by atoms with Crippen LogP contribution in [0.5, 0.6) is 5.75 Å². The SMILES string of the molecule is CCCCOc1c(/C(C)=C/C(=O)O)cc(C(C)(C)C)cc1C(C)(C)C. The number of allylic oxidation sites excluding steroid dienone is 1. The summed E-state index contributed by atoms with van der Waals surface area (Å²) in [5, 5.41) is 9.19. The van der Waals surface area contributed by atoms with E-state index in [1.807, 2.05) is 6.92 Å². The molecule has 0 saturated heterocycles. The molecule has 3 nitrogen and oxygen atoms in total. The molecule has 1 aromatic rings. The fourth-order valence-electron chi connectivity index (χ4n) is 2.65. The van der Waals surface area contributed by atoms with Crippen LogP contribution >= 0.6 is 0 Å². The first-order valence-electron chi connectivity index (χ1n) is 9.11. The highest BCUT2D eigenvalue weighted by molar-refractivity contribution is 5.90. The number of carboxylic acid groups (broad SMARTS) is 1. The van der Waals surface area contributed by atoms with Crippen LogP contribution < -0.4 is 4.74 Å². The molecule has 0 aliphatic carbocycles. The molecule has 0 unspecified atom stereocenters. The molecule has 3 heteroatoms. The third kappa shape index (κ3) is 5.91. The van der Waals surface area contributed by atoms with Gasteiger partial charge in [0.15, 0.2) is 0 Å². The third-order valence-corrected chi connectivity index (χ3v) is 4.27. The van der Waals surface area contributed by atoms with Gasteiger partial charge in [-0.05, 0) is 41.4 Å². The second-order valence-corrected chi connectivity index (χ2v) is 8.77. The molecule has 0 amide bonds. The number of rotatable bonds is 6. The predicted octanol–water partition coefficient (Wildman–Crippen LogP) is 5.95. The van der Waals surface area contributed by atoms with Gasteiger partial charge in [-0.2, -0.15) is 0 Å². The molecule has 1 aromatic carbocycles. The molecular formula is C22H34O3. The summed E-state index contributed by atoms with van der Waals surface area (Å²) in [5.41, 5.74) is 3.80. The van der Waals surface area contributed by atoms with Gasteiger partial charge in [0, 0.05) is 17.2 Å². The van der Waals surface area contributed by atoms with Gasteiger partial charge in [-0.25, -0.2) is 4.79 Å². The lowest BCUT2D eigenvalue weighted by Gasteiger charge is -2.29. The predicted molar refractivity (Wildman–Crippen MR) is 106 cm³/mol. The summed E-state index contributed by atoms with van der Waals surface area (Å²) in [5.74, 6) is -0.112. The van der Waals surface area contributed by atoms with Crippen LogP contribution in [0.15, 0.2) is 18.2 Å². The van der Waals surface area contributed by atoms with Gasteiger partial charge < -0.3 is 9.84 Å². The Balaban J connectivity index is 3.69. The molecule has 0 heterocycles. The molecule has 140 valence electrons. The zero-order chi connectivity index (χ0) is 19.4. The monoisotopic (exact) mass is 346 g/mol. The molecule has 0 spiro atoms. The van der Waals surface area contributed by atoms with Crippen LogP contribution in [0.25, 0.3) is 5.57 Å². The molecule has 25 heavy (non-hydrogen) atoms. The summed E-state index contributed by atoms with van der Waals surface area (Å²) in [6, 6.07) is 4.31. The van der Waals surface area contributed by atoms with Gasteiger partial charge in [-0.15, -0.1) is 0 Å². The van der Waals surface area contributed by atoms with Crippen molar-refractivity contribution in [2.75, 3.05) is 6.61 Å². The standard InChI is InChI=1S/C22H34O3/c1-9-10-11-25-20-17(15(2)12-19(23)24)13-16(21(3,4)5)14-18(20)22(6,7)8/h12-14H,9-11H2,1-8H3,(H,23,24)/b15-12+. The van der Waals surface area contributed by atoms with E-state index in [0.29, 0.717) is 6.61 Å².